The lowest BCUT2D eigenvalue weighted by molar-refractivity contribution is 0.0930. The van der Waals surface area contributed by atoms with E-state index in [1.807, 2.05) is 24.5 Å². The van der Waals surface area contributed by atoms with E-state index in [9.17, 15) is 4.79 Å². The molecule has 4 rings (SSSR count). The number of rotatable bonds is 6. The number of hydrogen-bond acceptors (Lipinski definition) is 6. The van der Waals surface area contributed by atoms with Gasteiger partial charge < -0.3 is 9.73 Å². The topological polar surface area (TPSA) is 84.2 Å². The van der Waals surface area contributed by atoms with E-state index in [1.165, 1.54) is 0 Å². The Morgan fingerprint density at radius 2 is 2.11 bits per heavy atom. The molecule has 1 aliphatic heterocycles. The molecular weight excluding hydrogens is 354 g/mol. The quantitative estimate of drug-likeness (QED) is 0.711. The van der Waals surface area contributed by atoms with Crippen molar-refractivity contribution in [1.82, 2.24) is 25.2 Å². The number of carbonyl (C=O) groups is 1. The Labute approximate surface area is 163 Å². The molecule has 1 aliphatic rings. The first-order chi connectivity index (χ1) is 13.8. The molecule has 1 saturated heterocycles. The third-order valence-electron chi connectivity index (χ3n) is 4.93. The molecule has 28 heavy (non-hydrogen) atoms. The van der Waals surface area contributed by atoms with Crippen molar-refractivity contribution in [2.24, 2.45) is 5.92 Å². The van der Waals surface area contributed by atoms with Crippen LogP contribution in [0.25, 0.3) is 11.6 Å². The van der Waals surface area contributed by atoms with Gasteiger partial charge in [0.05, 0.1) is 11.8 Å². The highest BCUT2D eigenvalue weighted by atomic mass is 16.3. The van der Waals surface area contributed by atoms with Crippen LogP contribution in [0.2, 0.25) is 0 Å². The molecule has 1 amide bonds. The maximum atomic E-state index is 12.2. The summed E-state index contributed by atoms with van der Waals surface area (Å²) in [5.74, 6) is 1.65. The highest BCUT2D eigenvalue weighted by molar-refractivity contribution is 5.93. The number of furan rings is 1. The van der Waals surface area contributed by atoms with Gasteiger partial charge in [-0.05, 0) is 49.6 Å². The Morgan fingerprint density at radius 3 is 2.86 bits per heavy atom. The first kappa shape index (κ1) is 18.3. The van der Waals surface area contributed by atoms with Gasteiger partial charge in [-0.15, -0.1) is 0 Å². The summed E-state index contributed by atoms with van der Waals surface area (Å²) in [7, 11) is 0. The number of likely N-dealkylation sites (tertiary alicyclic amines) is 1. The van der Waals surface area contributed by atoms with Crippen molar-refractivity contribution in [2.45, 2.75) is 19.4 Å². The normalized spacial score (nSPS) is 17.4. The largest absolute Gasteiger partial charge is 0.461 e. The molecule has 3 aromatic rings. The van der Waals surface area contributed by atoms with Gasteiger partial charge in [0.2, 0.25) is 0 Å². The number of nitrogens with one attached hydrogen (secondary N) is 1. The summed E-state index contributed by atoms with van der Waals surface area (Å²) in [6, 6.07) is 7.23. The van der Waals surface area contributed by atoms with Crippen LogP contribution in [0, 0.1) is 5.92 Å². The Bertz CT molecular complexity index is 881. The SMILES string of the molecule is O=C(NCC1CCCN(Cc2cnc(-c3ccco3)nc2)C1)c1cccnc1. The second-order valence-electron chi connectivity index (χ2n) is 7.09. The molecule has 4 heterocycles. The van der Waals surface area contributed by atoms with E-state index in [0.717, 1.165) is 38.0 Å². The predicted octanol–water partition coefficient (Wildman–Crippen LogP) is 2.77. The second-order valence-corrected chi connectivity index (χ2v) is 7.09. The van der Waals surface area contributed by atoms with Crippen LogP contribution in [0.5, 0.6) is 0 Å². The third-order valence-corrected chi connectivity index (χ3v) is 4.93. The van der Waals surface area contributed by atoms with Crippen molar-refractivity contribution in [2.75, 3.05) is 19.6 Å². The molecular formula is C21H23N5O2. The van der Waals surface area contributed by atoms with Crippen LogP contribution in [0.4, 0.5) is 0 Å². The van der Waals surface area contributed by atoms with Crippen LogP contribution in [0.3, 0.4) is 0 Å². The molecule has 3 aromatic heterocycles. The van der Waals surface area contributed by atoms with E-state index in [2.05, 4.69) is 25.2 Å². The monoisotopic (exact) mass is 377 g/mol. The van der Waals surface area contributed by atoms with Crippen LogP contribution in [0.15, 0.2) is 59.7 Å². The molecule has 0 radical (unpaired) electrons. The molecule has 1 atom stereocenters. The smallest absolute Gasteiger partial charge is 0.252 e. The first-order valence-electron chi connectivity index (χ1n) is 9.53. The highest BCUT2D eigenvalue weighted by Crippen LogP contribution is 2.19. The summed E-state index contributed by atoms with van der Waals surface area (Å²) in [5, 5.41) is 3.04. The fourth-order valence-electron chi connectivity index (χ4n) is 3.53. The molecule has 0 bridgehead atoms. The van der Waals surface area contributed by atoms with Crippen LogP contribution < -0.4 is 5.32 Å². The standard InChI is InChI=1S/C21H23N5O2/c27-21(18-5-1-7-22-13-18)25-10-16-4-2-8-26(14-16)15-17-11-23-20(24-12-17)19-6-3-9-28-19/h1,3,5-7,9,11-13,16H,2,4,8,10,14-15H2,(H,25,27). The number of pyridine rings is 1. The Balaban J connectivity index is 1.28. The lowest BCUT2D eigenvalue weighted by Crippen LogP contribution is -2.40. The van der Waals surface area contributed by atoms with Gasteiger partial charge in [-0.1, -0.05) is 0 Å². The van der Waals surface area contributed by atoms with Gasteiger partial charge in [0.15, 0.2) is 11.6 Å². The first-order valence-corrected chi connectivity index (χ1v) is 9.53. The average molecular weight is 377 g/mol. The minimum atomic E-state index is -0.0628. The summed E-state index contributed by atoms with van der Waals surface area (Å²) in [6.45, 7) is 3.49. The number of amides is 1. The molecule has 1 N–H and O–H groups in total. The zero-order valence-electron chi connectivity index (χ0n) is 15.6. The molecule has 1 fully saturated rings. The van der Waals surface area contributed by atoms with Gasteiger partial charge in [0, 0.05) is 50.0 Å². The lowest BCUT2D eigenvalue weighted by atomic mass is 9.97. The summed E-state index contributed by atoms with van der Waals surface area (Å²) in [6.07, 6.45) is 10.8. The van der Waals surface area contributed by atoms with Crippen molar-refractivity contribution in [3.05, 3.63) is 66.4 Å². The minimum absolute atomic E-state index is 0.0628. The van der Waals surface area contributed by atoms with Crippen molar-refractivity contribution in [1.29, 1.82) is 0 Å². The van der Waals surface area contributed by atoms with Gasteiger partial charge in [-0.2, -0.15) is 0 Å². The van der Waals surface area contributed by atoms with Crippen molar-refractivity contribution < 1.29 is 9.21 Å². The lowest BCUT2D eigenvalue weighted by Gasteiger charge is -2.32. The zero-order chi connectivity index (χ0) is 19.2. The van der Waals surface area contributed by atoms with Crippen LogP contribution >= 0.6 is 0 Å². The van der Waals surface area contributed by atoms with E-state index >= 15 is 0 Å². The van der Waals surface area contributed by atoms with Gasteiger partial charge in [0.25, 0.3) is 5.91 Å². The maximum Gasteiger partial charge on any atom is 0.252 e. The molecule has 1 unspecified atom stereocenters. The van der Waals surface area contributed by atoms with E-state index < -0.39 is 0 Å². The number of carbonyl (C=O) groups excluding carboxylic acids is 1. The molecule has 0 aliphatic carbocycles. The van der Waals surface area contributed by atoms with Crippen molar-refractivity contribution in [3.8, 4) is 11.6 Å². The average Bonchev–Trinajstić information content (AvgIpc) is 3.28. The number of nitrogens with zero attached hydrogens (tertiary/aromatic N) is 4. The fraction of sp³-hybridized carbons (Fsp3) is 0.333. The second kappa shape index (κ2) is 8.75. The Kier molecular flexibility index (Phi) is 5.72. The molecule has 144 valence electrons. The van der Waals surface area contributed by atoms with Gasteiger partial charge in [0.1, 0.15) is 0 Å². The number of aromatic nitrogens is 3. The van der Waals surface area contributed by atoms with Crippen LogP contribution in [0.1, 0.15) is 28.8 Å². The molecule has 7 heteroatoms. The number of hydrogen-bond donors (Lipinski definition) is 1. The summed E-state index contributed by atoms with van der Waals surface area (Å²) < 4.78 is 5.33. The Hall–Kier alpha value is -3.06. The van der Waals surface area contributed by atoms with Crippen LogP contribution in [-0.4, -0.2) is 45.4 Å². The maximum absolute atomic E-state index is 12.2. The van der Waals surface area contributed by atoms with Crippen LogP contribution in [-0.2, 0) is 6.54 Å². The van der Waals surface area contributed by atoms with Gasteiger partial charge in [-0.25, -0.2) is 9.97 Å². The fourth-order valence-corrected chi connectivity index (χ4v) is 3.53. The van der Waals surface area contributed by atoms with Gasteiger partial charge >= 0.3 is 0 Å². The van der Waals surface area contributed by atoms with E-state index in [4.69, 9.17) is 4.42 Å². The summed E-state index contributed by atoms with van der Waals surface area (Å²) in [5.41, 5.74) is 1.68. The predicted molar refractivity (Wildman–Crippen MR) is 104 cm³/mol. The van der Waals surface area contributed by atoms with E-state index in [1.54, 1.807) is 30.8 Å². The molecule has 7 nitrogen and oxygen atoms in total. The van der Waals surface area contributed by atoms with E-state index in [0.29, 0.717) is 29.6 Å². The molecule has 0 aromatic carbocycles. The van der Waals surface area contributed by atoms with E-state index in [-0.39, 0.29) is 5.91 Å². The third kappa shape index (κ3) is 4.61. The summed E-state index contributed by atoms with van der Waals surface area (Å²) in [4.78, 5) is 27.4. The zero-order valence-corrected chi connectivity index (χ0v) is 15.6. The Morgan fingerprint density at radius 1 is 1.21 bits per heavy atom. The molecule has 0 saturated carbocycles. The minimum Gasteiger partial charge on any atom is -0.461 e. The van der Waals surface area contributed by atoms with Gasteiger partial charge in [-0.3, -0.25) is 14.7 Å². The summed E-state index contributed by atoms with van der Waals surface area (Å²) >= 11 is 0. The van der Waals surface area contributed by atoms with Crippen molar-refractivity contribution in [3.63, 3.8) is 0 Å². The van der Waals surface area contributed by atoms with Crippen molar-refractivity contribution >= 4 is 5.91 Å². The number of piperidine rings is 1. The molecule has 0 spiro atoms. The highest BCUT2D eigenvalue weighted by Gasteiger charge is 2.21.